The standard InChI is InChI=1S/C8H10N6/c1-13(2)7-3-5-8(6-4-7)14-11-9-10-12-14/h3-6H,1-2H3. The molecule has 0 aliphatic rings. The van der Waals surface area contributed by atoms with Crippen LogP contribution < -0.4 is 4.90 Å². The topological polar surface area (TPSA) is 59.7 Å². The Morgan fingerprint density at radius 1 is 1.00 bits per heavy atom. The van der Waals surface area contributed by atoms with Crippen molar-refractivity contribution in [3.63, 3.8) is 0 Å². The number of rotatable bonds is 2. The molecular weight excluding hydrogens is 180 g/mol. The highest BCUT2D eigenvalue weighted by molar-refractivity contribution is 5.49. The van der Waals surface area contributed by atoms with Crippen LogP contribution in [0.1, 0.15) is 0 Å². The molecule has 0 unspecified atom stereocenters. The fraction of sp³-hybridized carbons (Fsp3) is 0.250. The molecule has 0 saturated heterocycles. The quantitative estimate of drug-likeness (QED) is 0.673. The predicted molar refractivity (Wildman–Crippen MR) is 51.3 cm³/mol. The monoisotopic (exact) mass is 190 g/mol. The molecule has 0 aliphatic carbocycles. The Bertz CT molecular complexity index is 390. The molecule has 1 heterocycles. The fourth-order valence-corrected chi connectivity index (χ4v) is 1.12. The van der Waals surface area contributed by atoms with E-state index in [9.17, 15) is 0 Å². The lowest BCUT2D eigenvalue weighted by atomic mass is 10.3. The van der Waals surface area contributed by atoms with Crippen molar-refractivity contribution < 1.29 is 0 Å². The largest absolute Gasteiger partial charge is 0.378 e. The van der Waals surface area contributed by atoms with Gasteiger partial charge in [-0.2, -0.15) is 0 Å². The van der Waals surface area contributed by atoms with Crippen LogP contribution in [-0.4, -0.2) is 39.7 Å². The summed E-state index contributed by atoms with van der Waals surface area (Å²) in [5.74, 6) is 0. The van der Waals surface area contributed by atoms with Crippen molar-refractivity contribution in [2.75, 3.05) is 19.0 Å². The van der Waals surface area contributed by atoms with Gasteiger partial charge < -0.3 is 4.90 Å². The van der Waals surface area contributed by atoms with Crippen molar-refractivity contribution in [3.05, 3.63) is 24.3 Å². The lowest BCUT2D eigenvalue weighted by Gasteiger charge is -2.11. The Balaban J connectivity index is 2.31. The molecule has 72 valence electrons. The molecule has 0 aliphatic heterocycles. The van der Waals surface area contributed by atoms with Crippen LogP contribution in [0.25, 0.3) is 5.69 Å². The Morgan fingerprint density at radius 2 is 1.57 bits per heavy atom. The zero-order valence-corrected chi connectivity index (χ0v) is 7.99. The SMILES string of the molecule is CN(C)c1ccc(-n2nnnn2)cc1. The third-order valence-electron chi connectivity index (χ3n) is 1.89. The Morgan fingerprint density at radius 3 is 2.07 bits per heavy atom. The highest BCUT2D eigenvalue weighted by Crippen LogP contribution is 2.13. The smallest absolute Gasteiger partial charge is 0.0894 e. The van der Waals surface area contributed by atoms with Gasteiger partial charge in [0.1, 0.15) is 0 Å². The van der Waals surface area contributed by atoms with E-state index < -0.39 is 0 Å². The van der Waals surface area contributed by atoms with Crippen molar-refractivity contribution in [2.45, 2.75) is 0 Å². The molecule has 0 atom stereocenters. The number of nitrogens with zero attached hydrogens (tertiary/aromatic N) is 6. The molecule has 2 rings (SSSR count). The minimum atomic E-state index is 0.848. The Hall–Kier alpha value is -1.98. The van der Waals surface area contributed by atoms with Crippen LogP contribution in [0, 0.1) is 0 Å². The van der Waals surface area contributed by atoms with E-state index in [0.29, 0.717) is 0 Å². The second-order valence-corrected chi connectivity index (χ2v) is 3.06. The van der Waals surface area contributed by atoms with Crippen LogP contribution in [0.2, 0.25) is 0 Å². The Kier molecular flexibility index (Phi) is 2.10. The summed E-state index contributed by atoms with van der Waals surface area (Å²) in [6, 6.07) is 7.80. The summed E-state index contributed by atoms with van der Waals surface area (Å²) in [5.41, 5.74) is 1.97. The van der Waals surface area contributed by atoms with Gasteiger partial charge in [0.2, 0.25) is 0 Å². The number of hydrogen-bond donors (Lipinski definition) is 0. The molecule has 6 heteroatoms. The van der Waals surface area contributed by atoms with Crippen LogP contribution in [0.15, 0.2) is 24.3 Å². The van der Waals surface area contributed by atoms with Gasteiger partial charge >= 0.3 is 0 Å². The lowest BCUT2D eigenvalue weighted by molar-refractivity contribution is 0.712. The molecule has 0 radical (unpaired) electrons. The molecule has 2 aromatic rings. The van der Waals surface area contributed by atoms with Crippen molar-refractivity contribution in [1.82, 2.24) is 25.7 Å². The molecule has 0 saturated carbocycles. The molecule has 0 amide bonds. The van der Waals surface area contributed by atoms with Gasteiger partial charge in [0, 0.05) is 19.8 Å². The van der Waals surface area contributed by atoms with Crippen molar-refractivity contribution in [2.24, 2.45) is 0 Å². The third-order valence-corrected chi connectivity index (χ3v) is 1.89. The summed E-state index contributed by atoms with van der Waals surface area (Å²) >= 11 is 0. The fourth-order valence-electron chi connectivity index (χ4n) is 1.12. The predicted octanol–water partition coefficient (Wildman–Crippen LogP) is 0.123. The van der Waals surface area contributed by atoms with Crippen molar-refractivity contribution in [3.8, 4) is 5.69 Å². The summed E-state index contributed by atoms with van der Waals surface area (Å²) < 4.78 is 0. The normalized spacial score (nSPS) is 10.1. The van der Waals surface area contributed by atoms with E-state index in [-0.39, 0.29) is 0 Å². The number of anilines is 1. The molecule has 0 spiro atoms. The zero-order chi connectivity index (χ0) is 9.97. The second kappa shape index (κ2) is 3.41. The van der Waals surface area contributed by atoms with Gasteiger partial charge in [-0.15, -0.1) is 4.80 Å². The maximum absolute atomic E-state index is 3.69. The highest BCUT2D eigenvalue weighted by atomic mass is 15.7. The number of aromatic nitrogens is 5. The summed E-state index contributed by atoms with van der Waals surface area (Å²) in [6.07, 6.45) is 0. The molecule has 1 aromatic carbocycles. The molecule has 0 N–H and O–H groups in total. The van der Waals surface area contributed by atoms with E-state index in [0.717, 1.165) is 11.4 Å². The summed E-state index contributed by atoms with van der Waals surface area (Å²) in [7, 11) is 3.98. The van der Waals surface area contributed by atoms with Crippen LogP contribution in [0.5, 0.6) is 0 Å². The van der Waals surface area contributed by atoms with E-state index in [4.69, 9.17) is 0 Å². The highest BCUT2D eigenvalue weighted by Gasteiger charge is 1.99. The maximum Gasteiger partial charge on any atom is 0.0894 e. The van der Waals surface area contributed by atoms with Gasteiger partial charge in [0.25, 0.3) is 0 Å². The van der Waals surface area contributed by atoms with Crippen molar-refractivity contribution in [1.29, 1.82) is 0 Å². The number of benzene rings is 1. The lowest BCUT2D eigenvalue weighted by Crippen LogP contribution is -2.08. The first-order valence-electron chi connectivity index (χ1n) is 4.16. The average molecular weight is 190 g/mol. The van der Waals surface area contributed by atoms with Crippen LogP contribution in [-0.2, 0) is 0 Å². The van der Waals surface area contributed by atoms with Crippen LogP contribution >= 0.6 is 0 Å². The summed E-state index contributed by atoms with van der Waals surface area (Å²) in [4.78, 5) is 3.40. The van der Waals surface area contributed by atoms with Gasteiger partial charge in [0.15, 0.2) is 0 Å². The van der Waals surface area contributed by atoms with Gasteiger partial charge in [-0.25, -0.2) is 0 Å². The molecular formula is C8H10N6. The van der Waals surface area contributed by atoms with E-state index in [1.165, 1.54) is 4.80 Å². The zero-order valence-electron chi connectivity index (χ0n) is 7.99. The second-order valence-electron chi connectivity index (χ2n) is 3.06. The first-order valence-corrected chi connectivity index (χ1v) is 4.16. The molecule has 6 nitrogen and oxygen atoms in total. The van der Waals surface area contributed by atoms with E-state index in [1.807, 2.05) is 43.3 Å². The Labute approximate surface area is 81.1 Å². The summed E-state index contributed by atoms with van der Waals surface area (Å²) in [5, 5.41) is 14.2. The van der Waals surface area contributed by atoms with Crippen LogP contribution in [0.4, 0.5) is 5.69 Å². The molecule has 0 fully saturated rings. The van der Waals surface area contributed by atoms with E-state index >= 15 is 0 Å². The maximum atomic E-state index is 3.69. The first-order chi connectivity index (χ1) is 6.77. The molecule has 0 bridgehead atoms. The number of hydrogen-bond acceptors (Lipinski definition) is 5. The minimum Gasteiger partial charge on any atom is -0.378 e. The van der Waals surface area contributed by atoms with E-state index in [1.54, 1.807) is 0 Å². The molecule has 1 aromatic heterocycles. The van der Waals surface area contributed by atoms with Gasteiger partial charge in [0.05, 0.1) is 5.69 Å². The summed E-state index contributed by atoms with van der Waals surface area (Å²) in [6.45, 7) is 0. The first kappa shape index (κ1) is 8.61. The third kappa shape index (κ3) is 1.54. The minimum absolute atomic E-state index is 0.848. The van der Waals surface area contributed by atoms with Gasteiger partial charge in [-0.1, -0.05) is 0 Å². The van der Waals surface area contributed by atoms with Gasteiger partial charge in [-0.3, -0.25) is 0 Å². The van der Waals surface area contributed by atoms with Gasteiger partial charge in [-0.05, 0) is 45.1 Å². The average Bonchev–Trinajstić information content (AvgIpc) is 2.71. The van der Waals surface area contributed by atoms with Crippen molar-refractivity contribution >= 4 is 5.69 Å². The molecule has 14 heavy (non-hydrogen) atoms. The van der Waals surface area contributed by atoms with E-state index in [2.05, 4.69) is 20.9 Å². The van der Waals surface area contributed by atoms with Crippen LogP contribution in [0.3, 0.4) is 0 Å².